The van der Waals surface area contributed by atoms with Crippen molar-refractivity contribution in [2.75, 3.05) is 0 Å². The standard InChI is InChI=1S/C24H24N2O4.C16H18N2O3/c1-14(2)20-21(22(28)18-11-15(3)10-16(4)12-18)26(24(30)25-23(20)29)13-19(27)17-8-6-5-7-9-17;1-8(2)12-13(17-16(21)18-15(12)20)14(19)11-6-9(3)5-10(4)7-11/h5-12,14H,13H2,1-4H3,(H,25,29,30);5-8H,1-4H3,(H2,17,18,20,21). The quantitative estimate of drug-likeness (QED) is 0.173. The number of aromatic amines is 3. The highest BCUT2D eigenvalue weighted by Crippen LogP contribution is 2.21. The van der Waals surface area contributed by atoms with E-state index < -0.39 is 28.3 Å². The van der Waals surface area contributed by atoms with E-state index in [-0.39, 0.29) is 46.9 Å². The summed E-state index contributed by atoms with van der Waals surface area (Å²) in [4.78, 5) is 94.5. The smallest absolute Gasteiger partial charge is 0.304 e. The average Bonchev–Trinajstić information content (AvgIpc) is 3.04. The summed E-state index contributed by atoms with van der Waals surface area (Å²) in [5.41, 5.74) is 2.93. The number of hydrogen-bond donors (Lipinski definition) is 3. The molecule has 0 saturated heterocycles. The number of nitrogens with zero attached hydrogens (tertiary/aromatic N) is 1. The molecule has 0 radical (unpaired) electrons. The van der Waals surface area contributed by atoms with Crippen LogP contribution in [0.5, 0.6) is 0 Å². The monoisotopic (exact) mass is 690 g/mol. The molecule has 3 aromatic carbocycles. The third kappa shape index (κ3) is 8.80. The number of aryl methyl sites for hydroxylation is 4. The van der Waals surface area contributed by atoms with Crippen LogP contribution < -0.4 is 22.5 Å². The van der Waals surface area contributed by atoms with Crippen LogP contribution in [0.25, 0.3) is 0 Å². The number of Topliss-reactive ketones (excluding diaryl/α,β-unsaturated/α-hetero) is 1. The fourth-order valence-electron chi connectivity index (χ4n) is 6.10. The van der Waals surface area contributed by atoms with Crippen LogP contribution in [0.4, 0.5) is 0 Å². The lowest BCUT2D eigenvalue weighted by molar-refractivity contribution is 0.0963. The molecule has 3 N–H and O–H groups in total. The van der Waals surface area contributed by atoms with Crippen LogP contribution in [0.3, 0.4) is 0 Å². The highest BCUT2D eigenvalue weighted by atomic mass is 16.2. The Hall–Kier alpha value is -5.97. The fourth-order valence-corrected chi connectivity index (χ4v) is 6.10. The van der Waals surface area contributed by atoms with E-state index in [0.29, 0.717) is 22.3 Å². The molecule has 0 atom stereocenters. The predicted octanol–water partition coefficient (Wildman–Crippen LogP) is 5.43. The van der Waals surface area contributed by atoms with Gasteiger partial charge in [0.2, 0.25) is 11.6 Å². The van der Waals surface area contributed by atoms with Crippen molar-refractivity contribution in [1.29, 1.82) is 0 Å². The molecular weight excluding hydrogens is 648 g/mol. The van der Waals surface area contributed by atoms with Crippen molar-refractivity contribution in [3.8, 4) is 0 Å². The minimum Gasteiger partial charge on any atom is -0.304 e. The Morgan fingerprint density at radius 3 is 1.55 bits per heavy atom. The van der Waals surface area contributed by atoms with Crippen molar-refractivity contribution in [2.45, 2.75) is 73.8 Å². The lowest BCUT2D eigenvalue weighted by atomic mass is 9.95. The Labute approximate surface area is 294 Å². The second kappa shape index (κ2) is 15.7. The summed E-state index contributed by atoms with van der Waals surface area (Å²) in [6.45, 7) is 14.4. The highest BCUT2D eigenvalue weighted by molar-refractivity contribution is 6.10. The Balaban J connectivity index is 0.000000244. The molecule has 0 amide bonds. The van der Waals surface area contributed by atoms with Crippen LogP contribution in [-0.4, -0.2) is 36.9 Å². The molecule has 5 aromatic rings. The van der Waals surface area contributed by atoms with Crippen molar-refractivity contribution < 1.29 is 14.4 Å². The van der Waals surface area contributed by atoms with E-state index in [1.807, 2.05) is 39.8 Å². The summed E-state index contributed by atoms with van der Waals surface area (Å²) in [6, 6.07) is 19.4. The number of carbonyl (C=O) groups excluding carboxylic acids is 3. The molecule has 0 aliphatic carbocycles. The number of ketones is 3. The second-order valence-electron chi connectivity index (χ2n) is 13.3. The van der Waals surface area contributed by atoms with Gasteiger partial charge in [0.1, 0.15) is 5.69 Å². The zero-order chi connectivity index (χ0) is 37.7. The molecule has 0 bridgehead atoms. The van der Waals surface area contributed by atoms with Gasteiger partial charge in [0, 0.05) is 27.8 Å². The molecule has 0 aliphatic rings. The molecule has 11 nitrogen and oxygen atoms in total. The number of benzene rings is 3. The third-order valence-corrected chi connectivity index (χ3v) is 8.18. The third-order valence-electron chi connectivity index (χ3n) is 8.18. The van der Waals surface area contributed by atoms with Crippen molar-refractivity contribution >= 4 is 17.3 Å². The van der Waals surface area contributed by atoms with Gasteiger partial charge < -0.3 is 4.98 Å². The topological polar surface area (TPSA) is 172 Å². The van der Waals surface area contributed by atoms with Gasteiger partial charge in [-0.3, -0.25) is 38.5 Å². The Morgan fingerprint density at radius 1 is 0.588 bits per heavy atom. The molecule has 5 rings (SSSR count). The van der Waals surface area contributed by atoms with Gasteiger partial charge in [0.05, 0.1) is 12.2 Å². The molecule has 0 saturated carbocycles. The van der Waals surface area contributed by atoms with E-state index in [4.69, 9.17) is 0 Å². The molecule has 11 heteroatoms. The predicted molar refractivity (Wildman–Crippen MR) is 197 cm³/mol. The van der Waals surface area contributed by atoms with Crippen LogP contribution in [0.2, 0.25) is 0 Å². The minimum absolute atomic E-state index is 0.0342. The first-order chi connectivity index (χ1) is 24.0. The van der Waals surface area contributed by atoms with Crippen molar-refractivity contribution in [2.24, 2.45) is 0 Å². The Bertz CT molecular complexity index is 2340. The lowest BCUT2D eigenvalue weighted by Gasteiger charge is -2.17. The first kappa shape index (κ1) is 37.8. The lowest BCUT2D eigenvalue weighted by Crippen LogP contribution is -2.39. The molecule has 2 heterocycles. The molecule has 0 unspecified atom stereocenters. The maximum absolute atomic E-state index is 13.5. The minimum atomic E-state index is -0.776. The number of hydrogen-bond acceptors (Lipinski definition) is 7. The number of carbonyl (C=O) groups is 3. The molecule has 2 aromatic heterocycles. The van der Waals surface area contributed by atoms with Crippen molar-refractivity contribution in [3.63, 3.8) is 0 Å². The zero-order valence-corrected chi connectivity index (χ0v) is 30.0. The zero-order valence-electron chi connectivity index (χ0n) is 30.0. The van der Waals surface area contributed by atoms with Gasteiger partial charge in [0.25, 0.3) is 11.1 Å². The SMILES string of the molecule is Cc1cc(C)cc(C(=O)c2[nH]c(=O)[nH]c(=O)c2C(C)C)c1.Cc1cc(C)cc(C(=O)c2c(C(C)C)c(=O)[nH]c(=O)n2CC(=O)c2ccccc2)c1. The molecule has 0 fully saturated rings. The van der Waals surface area contributed by atoms with Crippen LogP contribution in [0.15, 0.2) is 85.9 Å². The molecule has 51 heavy (non-hydrogen) atoms. The fraction of sp³-hybridized carbons (Fsp3) is 0.275. The van der Waals surface area contributed by atoms with E-state index in [2.05, 4.69) is 15.0 Å². The van der Waals surface area contributed by atoms with Gasteiger partial charge in [-0.1, -0.05) is 92.4 Å². The maximum atomic E-state index is 13.5. The van der Waals surface area contributed by atoms with Gasteiger partial charge >= 0.3 is 11.4 Å². The van der Waals surface area contributed by atoms with Gasteiger partial charge in [-0.25, -0.2) is 9.59 Å². The number of rotatable bonds is 9. The molecule has 0 aliphatic heterocycles. The van der Waals surface area contributed by atoms with Gasteiger partial charge in [-0.15, -0.1) is 0 Å². The summed E-state index contributed by atoms with van der Waals surface area (Å²) in [5, 5.41) is 0. The van der Waals surface area contributed by atoms with E-state index in [1.54, 1.807) is 82.3 Å². The van der Waals surface area contributed by atoms with Crippen LogP contribution >= 0.6 is 0 Å². The van der Waals surface area contributed by atoms with Crippen LogP contribution in [0.1, 0.15) is 115 Å². The summed E-state index contributed by atoms with van der Waals surface area (Å²) in [6.07, 6.45) is 0. The largest absolute Gasteiger partial charge is 0.329 e. The van der Waals surface area contributed by atoms with E-state index in [9.17, 15) is 33.6 Å². The normalized spacial score (nSPS) is 10.9. The number of aromatic nitrogens is 4. The van der Waals surface area contributed by atoms with Crippen molar-refractivity contribution in [1.82, 2.24) is 19.5 Å². The van der Waals surface area contributed by atoms with Crippen molar-refractivity contribution in [3.05, 3.63) is 170 Å². The highest BCUT2D eigenvalue weighted by Gasteiger charge is 2.26. The molecule has 0 spiro atoms. The first-order valence-electron chi connectivity index (χ1n) is 16.6. The summed E-state index contributed by atoms with van der Waals surface area (Å²) < 4.78 is 1.09. The average molecular weight is 691 g/mol. The Morgan fingerprint density at radius 2 is 1.06 bits per heavy atom. The van der Waals surface area contributed by atoms with E-state index >= 15 is 0 Å². The summed E-state index contributed by atoms with van der Waals surface area (Å²) in [7, 11) is 0. The Kier molecular flexibility index (Phi) is 11.7. The molecule has 264 valence electrons. The van der Waals surface area contributed by atoms with E-state index in [1.165, 1.54) is 0 Å². The number of H-pyrrole nitrogens is 3. The first-order valence-corrected chi connectivity index (χ1v) is 16.6. The number of nitrogens with one attached hydrogen (secondary N) is 3. The second-order valence-corrected chi connectivity index (χ2v) is 13.3. The van der Waals surface area contributed by atoms with Crippen LogP contribution in [-0.2, 0) is 6.54 Å². The summed E-state index contributed by atoms with van der Waals surface area (Å²) >= 11 is 0. The van der Waals surface area contributed by atoms with Crippen LogP contribution in [0, 0.1) is 27.7 Å². The van der Waals surface area contributed by atoms with E-state index in [0.717, 1.165) is 26.8 Å². The van der Waals surface area contributed by atoms with Gasteiger partial charge in [-0.05, 0) is 63.8 Å². The van der Waals surface area contributed by atoms with Gasteiger partial charge in [-0.2, -0.15) is 0 Å². The van der Waals surface area contributed by atoms with Gasteiger partial charge in [0.15, 0.2) is 5.78 Å². The summed E-state index contributed by atoms with van der Waals surface area (Å²) in [5.74, 6) is -1.61. The molecular formula is C40H42N4O7. The maximum Gasteiger partial charge on any atom is 0.329 e.